The van der Waals surface area contributed by atoms with Crippen molar-refractivity contribution in [2.24, 2.45) is 4.99 Å². The number of hydrogen-bond donors (Lipinski definition) is 0. The Bertz CT molecular complexity index is 185. The van der Waals surface area contributed by atoms with Gasteiger partial charge in [-0.05, 0) is 26.8 Å². The average Bonchev–Trinajstić information content (AvgIpc) is 1.58. The summed E-state index contributed by atoms with van der Waals surface area (Å²) in [6.07, 6.45) is 1.95. The van der Waals surface area contributed by atoms with Crippen LogP contribution in [0.4, 0.5) is 0 Å². The maximum absolute atomic E-state index is 5.44. The molecule has 0 aromatic heterocycles. The van der Waals surface area contributed by atoms with Crippen LogP contribution in [0.5, 0.6) is 0 Å². The number of hydrogen-bond acceptors (Lipinski definition) is 1. The van der Waals surface area contributed by atoms with Crippen LogP contribution in [-0.4, -0.2) is 5.71 Å². The lowest BCUT2D eigenvalue weighted by Crippen LogP contribution is -1.84. The van der Waals surface area contributed by atoms with E-state index in [0.717, 1.165) is 5.71 Å². The zero-order valence-electron chi connectivity index (χ0n) is 6.61. The summed E-state index contributed by atoms with van der Waals surface area (Å²) >= 11 is 5.44. The van der Waals surface area contributed by atoms with Gasteiger partial charge in [0, 0.05) is 5.71 Å². The van der Waals surface area contributed by atoms with Crippen LogP contribution in [0.25, 0.3) is 0 Å². The molecule has 0 heterocycles. The van der Waals surface area contributed by atoms with Crippen LogP contribution >= 0.6 is 11.6 Å². The standard InChI is InChI=1S/C8H12ClN/c1-6(2)5-7(3)10-8(4)9/h5H,4H2,1-3H3/b10-7-. The summed E-state index contributed by atoms with van der Waals surface area (Å²) < 4.78 is 0. The van der Waals surface area contributed by atoms with Gasteiger partial charge in [-0.3, -0.25) is 0 Å². The molecule has 0 N–H and O–H groups in total. The molecule has 0 rings (SSSR count). The van der Waals surface area contributed by atoms with Gasteiger partial charge in [0.15, 0.2) is 0 Å². The third kappa shape index (κ3) is 5.57. The van der Waals surface area contributed by atoms with Crippen LogP contribution in [0.2, 0.25) is 0 Å². The molecule has 1 nitrogen and oxygen atoms in total. The normalized spacial score (nSPS) is 11.0. The lowest BCUT2D eigenvalue weighted by atomic mass is 10.2. The van der Waals surface area contributed by atoms with Crippen molar-refractivity contribution in [1.29, 1.82) is 0 Å². The lowest BCUT2D eigenvalue weighted by molar-refractivity contribution is 1.39. The Morgan fingerprint density at radius 2 is 1.90 bits per heavy atom. The maximum atomic E-state index is 5.44. The van der Waals surface area contributed by atoms with E-state index in [4.69, 9.17) is 11.6 Å². The Labute approximate surface area is 67.1 Å². The van der Waals surface area contributed by atoms with Crippen molar-refractivity contribution < 1.29 is 0 Å². The summed E-state index contributed by atoms with van der Waals surface area (Å²) in [7, 11) is 0. The molecule has 0 saturated heterocycles. The zero-order chi connectivity index (χ0) is 8.15. The van der Waals surface area contributed by atoms with Crippen LogP contribution in [0.15, 0.2) is 28.4 Å². The summed E-state index contributed by atoms with van der Waals surface area (Å²) in [5, 5.41) is 0.329. The van der Waals surface area contributed by atoms with E-state index in [1.54, 1.807) is 0 Å². The molecule has 0 fully saturated rings. The quantitative estimate of drug-likeness (QED) is 0.432. The Morgan fingerprint density at radius 3 is 2.20 bits per heavy atom. The molecule has 0 unspecified atom stereocenters. The van der Waals surface area contributed by atoms with Crippen molar-refractivity contribution in [3.63, 3.8) is 0 Å². The minimum atomic E-state index is 0.329. The molecule has 0 radical (unpaired) electrons. The minimum Gasteiger partial charge on any atom is -0.242 e. The first-order valence-corrected chi connectivity index (χ1v) is 3.45. The summed E-state index contributed by atoms with van der Waals surface area (Å²) in [6, 6.07) is 0. The van der Waals surface area contributed by atoms with Gasteiger partial charge in [0.25, 0.3) is 0 Å². The molecule has 0 bridgehead atoms. The molecule has 0 aromatic carbocycles. The van der Waals surface area contributed by atoms with Gasteiger partial charge in [0.2, 0.25) is 0 Å². The highest BCUT2D eigenvalue weighted by atomic mass is 35.5. The predicted octanol–water partition coefficient (Wildman–Crippen LogP) is 3.12. The highest BCUT2D eigenvalue weighted by molar-refractivity contribution is 6.29. The molecule has 0 aliphatic heterocycles. The number of allylic oxidation sites excluding steroid dienone is 2. The van der Waals surface area contributed by atoms with Gasteiger partial charge in [-0.2, -0.15) is 0 Å². The van der Waals surface area contributed by atoms with Gasteiger partial charge < -0.3 is 0 Å². The first-order valence-electron chi connectivity index (χ1n) is 3.07. The van der Waals surface area contributed by atoms with E-state index in [2.05, 4.69) is 11.6 Å². The van der Waals surface area contributed by atoms with Crippen LogP contribution in [-0.2, 0) is 0 Å². The fourth-order valence-corrected chi connectivity index (χ4v) is 0.775. The Kier molecular flexibility index (Phi) is 4.05. The van der Waals surface area contributed by atoms with E-state index >= 15 is 0 Å². The summed E-state index contributed by atoms with van der Waals surface area (Å²) in [5.74, 6) is 0. The molecule has 0 saturated carbocycles. The smallest absolute Gasteiger partial charge is 0.122 e. The van der Waals surface area contributed by atoms with Gasteiger partial charge in [-0.15, -0.1) is 0 Å². The van der Waals surface area contributed by atoms with Crippen LogP contribution in [0.3, 0.4) is 0 Å². The number of halogens is 1. The van der Waals surface area contributed by atoms with Crippen LogP contribution in [0, 0.1) is 0 Å². The summed E-state index contributed by atoms with van der Waals surface area (Å²) in [5.41, 5.74) is 2.10. The lowest BCUT2D eigenvalue weighted by Gasteiger charge is -1.91. The highest BCUT2D eigenvalue weighted by Crippen LogP contribution is 2.00. The number of rotatable bonds is 2. The van der Waals surface area contributed by atoms with E-state index in [1.807, 2.05) is 26.8 Å². The zero-order valence-corrected chi connectivity index (χ0v) is 7.37. The highest BCUT2D eigenvalue weighted by Gasteiger charge is 1.85. The van der Waals surface area contributed by atoms with E-state index in [-0.39, 0.29) is 0 Å². The molecule has 0 spiro atoms. The number of nitrogens with zero attached hydrogens (tertiary/aromatic N) is 1. The molecular weight excluding hydrogens is 146 g/mol. The molecule has 56 valence electrons. The third-order valence-electron chi connectivity index (χ3n) is 0.795. The van der Waals surface area contributed by atoms with Crippen LogP contribution < -0.4 is 0 Å². The van der Waals surface area contributed by atoms with E-state index in [0.29, 0.717) is 5.16 Å². The van der Waals surface area contributed by atoms with E-state index in [9.17, 15) is 0 Å². The summed E-state index contributed by atoms with van der Waals surface area (Å²) in [4.78, 5) is 3.93. The Morgan fingerprint density at radius 1 is 1.40 bits per heavy atom. The first kappa shape index (κ1) is 9.44. The Hall–Kier alpha value is -0.560. The topological polar surface area (TPSA) is 12.4 Å². The van der Waals surface area contributed by atoms with Crippen molar-refractivity contribution in [2.75, 3.05) is 0 Å². The van der Waals surface area contributed by atoms with Gasteiger partial charge in [-0.25, -0.2) is 4.99 Å². The second-order valence-electron chi connectivity index (χ2n) is 2.35. The molecule has 0 aromatic rings. The average molecular weight is 158 g/mol. The second-order valence-corrected chi connectivity index (χ2v) is 2.79. The van der Waals surface area contributed by atoms with E-state index < -0.39 is 0 Å². The summed E-state index contributed by atoms with van der Waals surface area (Å²) in [6.45, 7) is 9.36. The molecular formula is C8H12ClN. The molecule has 10 heavy (non-hydrogen) atoms. The van der Waals surface area contributed by atoms with Crippen molar-refractivity contribution >= 4 is 17.3 Å². The SMILES string of the molecule is C=C(Cl)/N=C(/C)C=C(C)C. The number of aliphatic imine (C=N–C) groups is 1. The van der Waals surface area contributed by atoms with Gasteiger partial charge in [0.1, 0.15) is 5.16 Å². The first-order chi connectivity index (χ1) is 4.52. The third-order valence-corrected chi connectivity index (χ3v) is 0.880. The monoisotopic (exact) mass is 157 g/mol. The fourth-order valence-electron chi connectivity index (χ4n) is 0.641. The van der Waals surface area contributed by atoms with Crippen molar-refractivity contribution in [3.8, 4) is 0 Å². The van der Waals surface area contributed by atoms with Crippen molar-refractivity contribution in [2.45, 2.75) is 20.8 Å². The predicted molar refractivity (Wildman–Crippen MR) is 47.5 cm³/mol. The van der Waals surface area contributed by atoms with Gasteiger partial charge in [-0.1, -0.05) is 23.8 Å². The van der Waals surface area contributed by atoms with Crippen LogP contribution in [0.1, 0.15) is 20.8 Å². The molecule has 0 aliphatic carbocycles. The maximum Gasteiger partial charge on any atom is 0.122 e. The molecule has 0 aliphatic rings. The van der Waals surface area contributed by atoms with Gasteiger partial charge in [0.05, 0.1) is 0 Å². The van der Waals surface area contributed by atoms with Gasteiger partial charge >= 0.3 is 0 Å². The largest absolute Gasteiger partial charge is 0.242 e. The Balaban J connectivity index is 4.22. The van der Waals surface area contributed by atoms with Crippen molar-refractivity contribution in [1.82, 2.24) is 0 Å². The van der Waals surface area contributed by atoms with Crippen molar-refractivity contribution in [3.05, 3.63) is 23.4 Å². The molecule has 2 heteroatoms. The molecule has 0 amide bonds. The van der Waals surface area contributed by atoms with E-state index in [1.165, 1.54) is 5.57 Å². The fraction of sp³-hybridized carbons (Fsp3) is 0.375. The minimum absolute atomic E-state index is 0.329. The molecule has 0 atom stereocenters. The second kappa shape index (κ2) is 4.29.